The fourth-order valence-electron chi connectivity index (χ4n) is 2.40. The molecule has 0 spiro atoms. The Morgan fingerprint density at radius 2 is 1.46 bits per heavy atom. The van der Waals surface area contributed by atoms with Crippen LogP contribution in [0.1, 0.15) is 33.2 Å². The predicted octanol–water partition coefficient (Wildman–Crippen LogP) is 1.82. The number of methoxy groups -OCH3 is 1. The Morgan fingerprint density at radius 3 is 1.93 bits per heavy atom. The first-order valence-electron chi connectivity index (χ1n) is 8.29. The first kappa shape index (κ1) is 20.6. The number of esters is 2. The van der Waals surface area contributed by atoms with E-state index in [1.54, 1.807) is 12.1 Å². The normalized spacial score (nSPS) is 11.2. The number of carboxylic acid groups (broad SMARTS) is 1. The zero-order chi connectivity index (χ0) is 20.7. The summed E-state index contributed by atoms with van der Waals surface area (Å²) in [5.41, 5.74) is 1.23. The molecule has 8 nitrogen and oxygen atoms in total. The molecule has 2 rings (SSSR count). The second kappa shape index (κ2) is 9.31. The van der Waals surface area contributed by atoms with Crippen molar-refractivity contribution >= 4 is 23.8 Å². The van der Waals surface area contributed by atoms with Crippen LogP contribution in [0.4, 0.5) is 0 Å². The van der Waals surface area contributed by atoms with E-state index in [0.29, 0.717) is 11.1 Å². The Bertz CT molecular complexity index is 872. The van der Waals surface area contributed by atoms with E-state index < -0.39 is 29.9 Å². The van der Waals surface area contributed by atoms with Crippen molar-refractivity contribution in [2.75, 3.05) is 7.11 Å². The molecule has 0 fully saturated rings. The van der Waals surface area contributed by atoms with Gasteiger partial charge >= 0.3 is 17.9 Å². The summed E-state index contributed by atoms with van der Waals surface area (Å²) in [5, 5.41) is 11.5. The minimum absolute atomic E-state index is 0.0954. The molecule has 0 bridgehead atoms. The number of rotatable bonds is 7. The SMILES string of the molecule is COC(=O)c1ccc(C(=O)Oc2ccc(C[C@H](NC(C)=O)C(=O)O)cc2)cc1. The molecule has 0 heterocycles. The number of aliphatic carboxylic acids is 1. The highest BCUT2D eigenvalue weighted by Gasteiger charge is 2.19. The average molecular weight is 385 g/mol. The molecule has 2 aromatic rings. The van der Waals surface area contributed by atoms with Gasteiger partial charge in [0.1, 0.15) is 11.8 Å². The summed E-state index contributed by atoms with van der Waals surface area (Å²) in [6.45, 7) is 1.25. The first-order chi connectivity index (χ1) is 13.3. The molecule has 1 atom stereocenters. The molecule has 0 aliphatic rings. The van der Waals surface area contributed by atoms with E-state index in [1.807, 2.05) is 0 Å². The van der Waals surface area contributed by atoms with Crippen LogP contribution in [0.3, 0.4) is 0 Å². The van der Waals surface area contributed by atoms with Crippen molar-refractivity contribution in [1.29, 1.82) is 0 Å². The fourth-order valence-corrected chi connectivity index (χ4v) is 2.40. The number of ether oxygens (including phenoxy) is 2. The van der Waals surface area contributed by atoms with E-state index in [-0.39, 0.29) is 17.7 Å². The van der Waals surface area contributed by atoms with Gasteiger partial charge in [0, 0.05) is 13.3 Å². The Hall–Kier alpha value is -3.68. The van der Waals surface area contributed by atoms with E-state index >= 15 is 0 Å². The van der Waals surface area contributed by atoms with Gasteiger partial charge < -0.3 is 19.9 Å². The van der Waals surface area contributed by atoms with E-state index in [1.165, 1.54) is 50.4 Å². The molecule has 0 radical (unpaired) electrons. The van der Waals surface area contributed by atoms with Crippen LogP contribution in [0.15, 0.2) is 48.5 Å². The van der Waals surface area contributed by atoms with Gasteiger partial charge in [0.15, 0.2) is 0 Å². The van der Waals surface area contributed by atoms with E-state index in [0.717, 1.165) is 0 Å². The average Bonchev–Trinajstić information content (AvgIpc) is 2.68. The molecule has 146 valence electrons. The molecule has 8 heteroatoms. The van der Waals surface area contributed by atoms with Gasteiger partial charge in [-0.05, 0) is 42.0 Å². The lowest BCUT2D eigenvalue weighted by atomic mass is 10.1. The number of carboxylic acids is 1. The van der Waals surface area contributed by atoms with Crippen molar-refractivity contribution < 1.29 is 33.8 Å². The van der Waals surface area contributed by atoms with Crippen LogP contribution in [0.5, 0.6) is 5.75 Å². The second-order valence-electron chi connectivity index (χ2n) is 5.90. The van der Waals surface area contributed by atoms with Gasteiger partial charge in [0.2, 0.25) is 5.91 Å². The summed E-state index contributed by atoms with van der Waals surface area (Å²) in [6.07, 6.45) is 0.0954. The standard InChI is InChI=1S/C20H19NO7/c1-12(22)21-17(18(23)24)11-13-3-9-16(10-4-13)28-20(26)15-7-5-14(6-8-15)19(25)27-2/h3-10,17H,11H2,1-2H3,(H,21,22)(H,23,24)/t17-/m0/s1. The maximum atomic E-state index is 12.2. The van der Waals surface area contributed by atoms with E-state index in [9.17, 15) is 19.2 Å². The topological polar surface area (TPSA) is 119 Å². The highest BCUT2D eigenvalue weighted by atomic mass is 16.5. The van der Waals surface area contributed by atoms with Crippen molar-refractivity contribution in [3.05, 3.63) is 65.2 Å². The van der Waals surface area contributed by atoms with Crippen molar-refractivity contribution in [2.45, 2.75) is 19.4 Å². The van der Waals surface area contributed by atoms with Crippen LogP contribution in [-0.4, -0.2) is 42.1 Å². The summed E-state index contributed by atoms with van der Waals surface area (Å²) in [5.74, 6) is -2.41. The van der Waals surface area contributed by atoms with Crippen LogP contribution in [0, 0.1) is 0 Å². The number of carbonyl (C=O) groups excluding carboxylic acids is 3. The number of hydrogen-bond acceptors (Lipinski definition) is 6. The Labute approximate surface area is 161 Å². The summed E-state index contributed by atoms with van der Waals surface area (Å²) < 4.78 is 9.85. The lowest BCUT2D eigenvalue weighted by Gasteiger charge is -2.13. The molecule has 2 aromatic carbocycles. The van der Waals surface area contributed by atoms with Crippen molar-refractivity contribution in [3.63, 3.8) is 0 Å². The van der Waals surface area contributed by atoms with Gasteiger partial charge in [-0.25, -0.2) is 14.4 Å². The molecule has 0 aliphatic heterocycles. The van der Waals surface area contributed by atoms with Crippen molar-refractivity contribution in [3.8, 4) is 5.75 Å². The number of hydrogen-bond donors (Lipinski definition) is 2. The third-order valence-corrected chi connectivity index (χ3v) is 3.79. The Morgan fingerprint density at radius 1 is 0.929 bits per heavy atom. The Kier molecular flexibility index (Phi) is 6.86. The maximum Gasteiger partial charge on any atom is 0.343 e. The summed E-state index contributed by atoms with van der Waals surface area (Å²) in [6, 6.07) is 11.1. The van der Waals surface area contributed by atoms with Gasteiger partial charge in [-0.3, -0.25) is 4.79 Å². The fraction of sp³-hybridized carbons (Fsp3) is 0.200. The van der Waals surface area contributed by atoms with Gasteiger partial charge in [0.25, 0.3) is 0 Å². The number of nitrogens with one attached hydrogen (secondary N) is 1. The molecular weight excluding hydrogens is 366 g/mol. The van der Waals surface area contributed by atoms with Crippen LogP contribution >= 0.6 is 0 Å². The van der Waals surface area contributed by atoms with Gasteiger partial charge in [-0.15, -0.1) is 0 Å². The third kappa shape index (κ3) is 5.66. The molecule has 2 N–H and O–H groups in total. The second-order valence-corrected chi connectivity index (χ2v) is 5.90. The summed E-state index contributed by atoms with van der Waals surface area (Å²) in [4.78, 5) is 45.8. The van der Waals surface area contributed by atoms with Crippen LogP contribution in [0.25, 0.3) is 0 Å². The highest BCUT2D eigenvalue weighted by molar-refractivity contribution is 5.94. The largest absolute Gasteiger partial charge is 0.480 e. The molecule has 28 heavy (non-hydrogen) atoms. The zero-order valence-corrected chi connectivity index (χ0v) is 15.3. The van der Waals surface area contributed by atoms with Crippen molar-refractivity contribution in [2.24, 2.45) is 0 Å². The first-order valence-corrected chi connectivity index (χ1v) is 8.29. The van der Waals surface area contributed by atoms with Gasteiger partial charge in [0.05, 0.1) is 18.2 Å². The minimum Gasteiger partial charge on any atom is -0.480 e. The van der Waals surface area contributed by atoms with E-state index in [2.05, 4.69) is 10.1 Å². The number of benzene rings is 2. The third-order valence-electron chi connectivity index (χ3n) is 3.79. The van der Waals surface area contributed by atoms with Crippen LogP contribution < -0.4 is 10.1 Å². The molecular formula is C20H19NO7. The lowest BCUT2D eigenvalue weighted by Crippen LogP contribution is -2.41. The molecule has 0 aliphatic carbocycles. The van der Waals surface area contributed by atoms with Gasteiger partial charge in [-0.2, -0.15) is 0 Å². The smallest absolute Gasteiger partial charge is 0.343 e. The van der Waals surface area contributed by atoms with E-state index in [4.69, 9.17) is 9.84 Å². The summed E-state index contributed by atoms with van der Waals surface area (Å²) >= 11 is 0. The molecule has 1 amide bonds. The number of carbonyl (C=O) groups is 4. The maximum absolute atomic E-state index is 12.2. The predicted molar refractivity (Wildman–Crippen MR) is 98.1 cm³/mol. The van der Waals surface area contributed by atoms with Crippen LogP contribution in [-0.2, 0) is 20.7 Å². The molecule has 0 aromatic heterocycles. The number of amides is 1. The Balaban J connectivity index is 2.01. The monoisotopic (exact) mass is 385 g/mol. The van der Waals surface area contributed by atoms with Gasteiger partial charge in [-0.1, -0.05) is 12.1 Å². The zero-order valence-electron chi connectivity index (χ0n) is 15.3. The molecule has 0 unspecified atom stereocenters. The minimum atomic E-state index is -1.14. The lowest BCUT2D eigenvalue weighted by molar-refractivity contribution is -0.141. The highest BCUT2D eigenvalue weighted by Crippen LogP contribution is 2.16. The quantitative estimate of drug-likeness (QED) is 0.551. The molecule has 0 saturated carbocycles. The molecule has 0 saturated heterocycles. The summed E-state index contributed by atoms with van der Waals surface area (Å²) in [7, 11) is 1.27. The van der Waals surface area contributed by atoms with Crippen molar-refractivity contribution in [1.82, 2.24) is 5.32 Å². The van der Waals surface area contributed by atoms with Crippen LogP contribution in [0.2, 0.25) is 0 Å².